The normalized spacial score (nSPS) is 11.4. The first-order valence-corrected chi connectivity index (χ1v) is 13.9. The number of halogens is 1. The van der Waals surface area contributed by atoms with Crippen LogP contribution in [0.15, 0.2) is 120 Å². The molecule has 1 aromatic heterocycles. The number of nitrogens with one attached hydrogen (secondary N) is 1. The number of rotatable bonds is 10. The molecule has 0 radical (unpaired) electrons. The van der Waals surface area contributed by atoms with Gasteiger partial charge < -0.3 is 4.74 Å². The molecule has 0 saturated heterocycles. The first kappa shape index (κ1) is 25.7. The highest BCUT2D eigenvalue weighted by Gasteiger charge is 2.24. The highest BCUT2D eigenvalue weighted by molar-refractivity contribution is 7.92. The van der Waals surface area contributed by atoms with E-state index in [0.29, 0.717) is 23.7 Å². The van der Waals surface area contributed by atoms with Crippen molar-refractivity contribution in [3.8, 4) is 11.1 Å². The van der Waals surface area contributed by atoms with Crippen molar-refractivity contribution in [2.45, 2.75) is 24.7 Å². The first-order valence-electron chi connectivity index (χ1n) is 12.1. The van der Waals surface area contributed by atoms with E-state index in [-0.39, 0.29) is 17.3 Å². The Balaban J connectivity index is 1.58. The van der Waals surface area contributed by atoms with Gasteiger partial charge in [0.15, 0.2) is 5.82 Å². The van der Waals surface area contributed by atoms with Gasteiger partial charge in [-0.1, -0.05) is 103 Å². The number of anilines is 1. The fraction of sp³-hybridized carbons (Fsp3) is 0.100. The molecule has 4 aromatic carbocycles. The zero-order chi connectivity index (χ0) is 26.4. The molecule has 0 aliphatic carbocycles. The van der Waals surface area contributed by atoms with E-state index in [1.165, 1.54) is 0 Å². The van der Waals surface area contributed by atoms with Crippen LogP contribution in [0.5, 0.6) is 0 Å². The van der Waals surface area contributed by atoms with Crippen LogP contribution in [-0.2, 0) is 34.5 Å². The molecule has 0 amide bonds. The summed E-state index contributed by atoms with van der Waals surface area (Å²) >= 11 is 6.17. The van der Waals surface area contributed by atoms with Gasteiger partial charge in [-0.15, -0.1) is 0 Å². The maximum absolute atomic E-state index is 13.3. The molecule has 0 atom stereocenters. The summed E-state index contributed by atoms with van der Waals surface area (Å²) in [5.74, 6) is 0.227. The summed E-state index contributed by atoms with van der Waals surface area (Å²) in [6.45, 7) is 1.07. The Kier molecular flexibility index (Phi) is 7.89. The summed E-state index contributed by atoms with van der Waals surface area (Å²) in [7, 11) is -3.88. The largest absolute Gasteiger partial charge is 0.370 e. The molecule has 0 unspecified atom stereocenters. The summed E-state index contributed by atoms with van der Waals surface area (Å²) in [5.41, 5.74) is 4.24. The molecule has 38 heavy (non-hydrogen) atoms. The van der Waals surface area contributed by atoms with Crippen molar-refractivity contribution in [1.29, 1.82) is 0 Å². The van der Waals surface area contributed by atoms with Crippen molar-refractivity contribution in [3.63, 3.8) is 0 Å². The third kappa shape index (κ3) is 6.14. The van der Waals surface area contributed by atoms with Gasteiger partial charge in [-0.3, -0.25) is 9.40 Å². The quantitative estimate of drug-likeness (QED) is 0.211. The molecule has 0 saturated carbocycles. The molecule has 0 aliphatic heterocycles. The number of nitrogens with zero attached hydrogens (tertiary/aromatic N) is 2. The second-order valence-corrected chi connectivity index (χ2v) is 10.8. The molecule has 6 nitrogen and oxygen atoms in total. The van der Waals surface area contributed by atoms with Crippen LogP contribution in [-0.4, -0.2) is 18.2 Å². The molecule has 0 aliphatic rings. The minimum absolute atomic E-state index is 0.154. The average Bonchev–Trinajstić information content (AvgIpc) is 3.26. The van der Waals surface area contributed by atoms with E-state index in [9.17, 15) is 8.42 Å². The van der Waals surface area contributed by atoms with Crippen molar-refractivity contribution in [2.75, 3.05) is 4.72 Å². The van der Waals surface area contributed by atoms with Gasteiger partial charge in [-0.2, -0.15) is 5.10 Å². The van der Waals surface area contributed by atoms with Crippen LogP contribution in [0.25, 0.3) is 11.1 Å². The molecule has 5 aromatic rings. The van der Waals surface area contributed by atoms with Crippen molar-refractivity contribution in [1.82, 2.24) is 9.78 Å². The van der Waals surface area contributed by atoms with Crippen LogP contribution in [0.4, 0.5) is 5.82 Å². The Bertz CT molecular complexity index is 1590. The van der Waals surface area contributed by atoms with E-state index < -0.39 is 10.0 Å². The lowest BCUT2D eigenvalue weighted by molar-refractivity contribution is 0.102. The highest BCUT2D eigenvalue weighted by atomic mass is 35.5. The smallest absolute Gasteiger partial charge is 0.263 e. The number of sulfonamides is 1. The predicted octanol–water partition coefficient (Wildman–Crippen LogP) is 6.77. The number of hydrogen-bond acceptors (Lipinski definition) is 4. The standard InChI is InChI=1S/C30H26ClN3O3S/c31-26-18-16-25(17-19-26)29-28(22-37-21-24-12-6-2-7-13-24)34(20-23-10-4-1-5-11-23)32-30(29)33-38(35,36)27-14-8-3-9-15-27/h1-19H,20-22H2,(H,32,33). The van der Waals surface area contributed by atoms with Gasteiger partial charge in [0.2, 0.25) is 0 Å². The van der Waals surface area contributed by atoms with E-state index in [0.717, 1.165) is 22.4 Å². The van der Waals surface area contributed by atoms with Gasteiger partial charge in [0.1, 0.15) is 0 Å². The monoisotopic (exact) mass is 543 g/mol. The molecular formula is C30H26ClN3O3S. The van der Waals surface area contributed by atoms with Crippen LogP contribution < -0.4 is 4.72 Å². The lowest BCUT2D eigenvalue weighted by atomic mass is 10.1. The van der Waals surface area contributed by atoms with E-state index >= 15 is 0 Å². The molecular weight excluding hydrogens is 518 g/mol. The first-order chi connectivity index (χ1) is 18.5. The van der Waals surface area contributed by atoms with E-state index in [1.807, 2.05) is 72.8 Å². The van der Waals surface area contributed by atoms with Crippen molar-refractivity contribution < 1.29 is 13.2 Å². The maximum atomic E-state index is 13.3. The fourth-order valence-corrected chi connectivity index (χ4v) is 5.30. The minimum Gasteiger partial charge on any atom is -0.370 e. The fourth-order valence-electron chi connectivity index (χ4n) is 4.15. The zero-order valence-corrected chi connectivity index (χ0v) is 22.1. The van der Waals surface area contributed by atoms with Crippen LogP contribution in [0.2, 0.25) is 5.02 Å². The second-order valence-electron chi connectivity index (χ2n) is 8.72. The van der Waals surface area contributed by atoms with Crippen molar-refractivity contribution in [2.24, 2.45) is 0 Å². The lowest BCUT2D eigenvalue weighted by Gasteiger charge is -2.12. The van der Waals surface area contributed by atoms with Gasteiger partial charge >= 0.3 is 0 Å². The Morgan fingerprint density at radius 2 is 1.32 bits per heavy atom. The Morgan fingerprint density at radius 1 is 0.737 bits per heavy atom. The minimum atomic E-state index is -3.88. The third-order valence-corrected chi connectivity index (χ3v) is 7.61. The zero-order valence-electron chi connectivity index (χ0n) is 20.5. The van der Waals surface area contributed by atoms with Crippen molar-refractivity contribution >= 4 is 27.4 Å². The molecule has 1 N–H and O–H groups in total. The number of benzene rings is 4. The Hall–Kier alpha value is -3.91. The van der Waals surface area contributed by atoms with Gasteiger partial charge in [-0.25, -0.2) is 8.42 Å². The van der Waals surface area contributed by atoms with Crippen LogP contribution in [0.1, 0.15) is 16.8 Å². The van der Waals surface area contributed by atoms with E-state index in [4.69, 9.17) is 21.4 Å². The van der Waals surface area contributed by atoms with Crippen LogP contribution >= 0.6 is 11.6 Å². The van der Waals surface area contributed by atoms with Gasteiger partial charge in [0, 0.05) is 5.02 Å². The average molecular weight is 544 g/mol. The molecule has 1 heterocycles. The third-order valence-electron chi connectivity index (χ3n) is 6.00. The highest BCUT2D eigenvalue weighted by Crippen LogP contribution is 2.35. The van der Waals surface area contributed by atoms with Gasteiger partial charge in [-0.05, 0) is 41.0 Å². The summed E-state index contributed by atoms with van der Waals surface area (Å²) in [5, 5.41) is 5.34. The maximum Gasteiger partial charge on any atom is 0.263 e. The topological polar surface area (TPSA) is 73.2 Å². The molecule has 0 bridgehead atoms. The summed E-state index contributed by atoms with van der Waals surface area (Å²) in [6.07, 6.45) is 0. The van der Waals surface area contributed by atoms with Crippen molar-refractivity contribution in [3.05, 3.63) is 137 Å². The molecule has 8 heteroatoms. The van der Waals surface area contributed by atoms with Crippen LogP contribution in [0.3, 0.4) is 0 Å². The number of hydrogen-bond donors (Lipinski definition) is 1. The number of aromatic nitrogens is 2. The predicted molar refractivity (Wildman–Crippen MR) is 150 cm³/mol. The summed E-state index contributed by atoms with van der Waals surface area (Å²) in [4.78, 5) is 0.154. The molecule has 0 fully saturated rings. The van der Waals surface area contributed by atoms with Crippen LogP contribution in [0, 0.1) is 0 Å². The van der Waals surface area contributed by atoms with Gasteiger partial charge in [0.05, 0.1) is 35.9 Å². The van der Waals surface area contributed by atoms with Gasteiger partial charge in [0.25, 0.3) is 10.0 Å². The number of ether oxygens (including phenoxy) is 1. The molecule has 5 rings (SSSR count). The summed E-state index contributed by atoms with van der Waals surface area (Å²) in [6, 6.07) is 35.3. The Labute approximate surface area is 227 Å². The second kappa shape index (κ2) is 11.6. The van der Waals surface area contributed by atoms with E-state index in [2.05, 4.69) is 4.72 Å². The summed E-state index contributed by atoms with van der Waals surface area (Å²) < 4.78 is 37.3. The Morgan fingerprint density at radius 3 is 1.95 bits per heavy atom. The van der Waals surface area contributed by atoms with E-state index in [1.54, 1.807) is 47.1 Å². The molecule has 0 spiro atoms. The lowest BCUT2D eigenvalue weighted by Crippen LogP contribution is -2.14. The SMILES string of the molecule is O=S(=O)(Nc1nn(Cc2ccccc2)c(COCc2ccccc2)c1-c1ccc(Cl)cc1)c1ccccc1. The molecule has 192 valence electrons.